The van der Waals surface area contributed by atoms with Crippen LogP contribution < -0.4 is 0 Å². The predicted octanol–water partition coefficient (Wildman–Crippen LogP) is 5.39. The van der Waals surface area contributed by atoms with E-state index in [1.807, 2.05) is 0 Å². The van der Waals surface area contributed by atoms with Gasteiger partial charge in [0.1, 0.15) is 0 Å². The lowest BCUT2D eigenvalue weighted by Crippen LogP contribution is -2.51. The summed E-state index contributed by atoms with van der Waals surface area (Å²) in [5.74, 6) is -0.794. The Balaban J connectivity index is 2.74. The molecule has 0 heterocycles. The van der Waals surface area contributed by atoms with E-state index in [4.69, 9.17) is 4.74 Å². The van der Waals surface area contributed by atoms with E-state index in [1.165, 1.54) is 12.1 Å². The van der Waals surface area contributed by atoms with Gasteiger partial charge in [-0.2, -0.15) is 26.3 Å². The fourth-order valence-corrected chi connectivity index (χ4v) is 2.16. The van der Waals surface area contributed by atoms with E-state index >= 15 is 0 Å². The molecule has 10 heteroatoms. The van der Waals surface area contributed by atoms with Crippen LogP contribution in [0.2, 0.25) is 0 Å². The standard InChI is InChI=1S/C14H10F7IO2/c15-12(13(16,17)18,14(19,20)21)8-10(22)6-7-24-11(23)9-4-2-1-3-5-9/h1-5,8H,6-7H2. The Hall–Kier alpha value is -1.33. The van der Waals surface area contributed by atoms with Crippen molar-refractivity contribution in [1.82, 2.24) is 0 Å². The Kier molecular flexibility index (Phi) is 6.65. The molecule has 0 atom stereocenters. The van der Waals surface area contributed by atoms with E-state index in [0.29, 0.717) is 0 Å². The number of hydrogen-bond donors (Lipinski definition) is 0. The number of allylic oxidation sites excluding steroid dienone is 1. The van der Waals surface area contributed by atoms with Crippen LogP contribution in [-0.2, 0) is 4.74 Å². The molecule has 1 aromatic carbocycles. The molecule has 0 saturated carbocycles. The van der Waals surface area contributed by atoms with Crippen molar-refractivity contribution in [1.29, 1.82) is 0 Å². The molecule has 0 spiro atoms. The smallest absolute Gasteiger partial charge is 0.435 e. The highest BCUT2D eigenvalue weighted by atomic mass is 127. The fraction of sp³-hybridized carbons (Fsp3) is 0.357. The number of halogens is 8. The monoisotopic (exact) mass is 470 g/mol. The van der Waals surface area contributed by atoms with E-state index in [2.05, 4.69) is 0 Å². The molecule has 1 aromatic rings. The quantitative estimate of drug-likeness (QED) is 0.328. The fourth-order valence-electron chi connectivity index (χ4n) is 1.51. The Bertz CT molecular complexity index is 579. The zero-order valence-corrected chi connectivity index (χ0v) is 13.9. The molecule has 0 saturated heterocycles. The van der Waals surface area contributed by atoms with Crippen molar-refractivity contribution in [2.75, 3.05) is 6.61 Å². The van der Waals surface area contributed by atoms with Gasteiger partial charge in [0.25, 0.3) is 0 Å². The SMILES string of the molecule is O=C(OCCC(I)=CC(F)(C(F)(F)F)C(F)(F)F)c1ccccc1. The molecule has 0 radical (unpaired) electrons. The number of benzene rings is 1. The van der Waals surface area contributed by atoms with Gasteiger partial charge in [-0.25, -0.2) is 9.18 Å². The molecule has 0 aliphatic rings. The Morgan fingerprint density at radius 2 is 1.50 bits per heavy atom. The van der Waals surface area contributed by atoms with Crippen LogP contribution in [0.15, 0.2) is 40.0 Å². The summed E-state index contributed by atoms with van der Waals surface area (Å²) >= 11 is 1.14. The predicted molar refractivity (Wildman–Crippen MR) is 79.4 cm³/mol. The van der Waals surface area contributed by atoms with Crippen molar-refractivity contribution in [3.63, 3.8) is 0 Å². The van der Waals surface area contributed by atoms with Crippen molar-refractivity contribution in [2.24, 2.45) is 0 Å². The first-order valence-corrected chi connectivity index (χ1v) is 7.38. The number of carbonyl (C=O) groups is 1. The summed E-state index contributed by atoms with van der Waals surface area (Å²) < 4.78 is 92.0. The van der Waals surface area contributed by atoms with Crippen molar-refractivity contribution >= 4 is 28.6 Å². The maximum Gasteiger partial charge on any atom is 0.435 e. The molecule has 0 amide bonds. The Morgan fingerprint density at radius 3 is 1.96 bits per heavy atom. The first-order valence-electron chi connectivity index (χ1n) is 6.30. The van der Waals surface area contributed by atoms with Crippen molar-refractivity contribution in [2.45, 2.75) is 24.4 Å². The van der Waals surface area contributed by atoms with Gasteiger partial charge < -0.3 is 4.74 Å². The van der Waals surface area contributed by atoms with Crippen LogP contribution in [-0.4, -0.2) is 30.6 Å². The van der Waals surface area contributed by atoms with Crippen LogP contribution in [0.25, 0.3) is 0 Å². The van der Waals surface area contributed by atoms with Crippen molar-refractivity contribution in [3.05, 3.63) is 45.6 Å². The molecule has 0 bridgehead atoms. The molecule has 134 valence electrons. The van der Waals surface area contributed by atoms with Gasteiger partial charge >= 0.3 is 24.0 Å². The zero-order valence-electron chi connectivity index (χ0n) is 11.7. The van der Waals surface area contributed by atoms with Crippen LogP contribution >= 0.6 is 22.6 Å². The first kappa shape index (κ1) is 20.7. The molecule has 0 aliphatic heterocycles. The van der Waals surface area contributed by atoms with Crippen LogP contribution in [0, 0.1) is 0 Å². The topological polar surface area (TPSA) is 26.3 Å². The lowest BCUT2D eigenvalue weighted by Gasteiger charge is -2.27. The third-order valence-corrected chi connectivity index (χ3v) is 3.61. The molecule has 2 nitrogen and oxygen atoms in total. The average Bonchev–Trinajstić information content (AvgIpc) is 2.45. The Morgan fingerprint density at radius 1 is 1.00 bits per heavy atom. The second-order valence-corrected chi connectivity index (χ2v) is 5.94. The summed E-state index contributed by atoms with van der Waals surface area (Å²) in [4.78, 5) is 11.6. The third-order valence-electron chi connectivity index (χ3n) is 2.76. The minimum Gasteiger partial charge on any atom is -0.462 e. The Labute approximate surface area is 145 Å². The summed E-state index contributed by atoms with van der Waals surface area (Å²) in [5.41, 5.74) is -5.29. The number of alkyl halides is 7. The molecule has 0 unspecified atom stereocenters. The summed E-state index contributed by atoms with van der Waals surface area (Å²) in [5, 5.41) is 0. The summed E-state index contributed by atoms with van der Waals surface area (Å²) in [6, 6.07) is 7.57. The van der Waals surface area contributed by atoms with Crippen LogP contribution in [0.4, 0.5) is 30.7 Å². The number of carbonyl (C=O) groups excluding carboxylic acids is 1. The number of hydrogen-bond acceptors (Lipinski definition) is 2. The van der Waals surface area contributed by atoms with Crippen LogP contribution in [0.5, 0.6) is 0 Å². The van der Waals surface area contributed by atoms with Gasteiger partial charge in [-0.3, -0.25) is 0 Å². The zero-order chi connectivity index (χ0) is 18.6. The van der Waals surface area contributed by atoms with E-state index < -0.39 is 46.7 Å². The molecule has 0 aliphatic carbocycles. The second kappa shape index (κ2) is 7.70. The molecule has 1 rings (SSSR count). The first-order chi connectivity index (χ1) is 10.9. The summed E-state index contributed by atoms with van der Waals surface area (Å²) in [6.45, 7) is -0.492. The minimum atomic E-state index is -6.15. The van der Waals surface area contributed by atoms with E-state index in [0.717, 1.165) is 22.6 Å². The second-order valence-electron chi connectivity index (χ2n) is 4.55. The van der Waals surface area contributed by atoms with Gasteiger partial charge in [-0.15, -0.1) is 0 Å². The van der Waals surface area contributed by atoms with Gasteiger partial charge in [0.15, 0.2) is 0 Å². The summed E-state index contributed by atoms with van der Waals surface area (Å²) in [7, 11) is 0. The lowest BCUT2D eigenvalue weighted by atomic mass is 10.0. The number of esters is 1. The highest BCUT2D eigenvalue weighted by molar-refractivity contribution is 14.1. The largest absolute Gasteiger partial charge is 0.462 e. The normalized spacial score (nSPS) is 13.8. The van der Waals surface area contributed by atoms with Gasteiger partial charge in [0.05, 0.1) is 12.2 Å². The van der Waals surface area contributed by atoms with Gasteiger partial charge in [-0.05, 0) is 44.4 Å². The van der Waals surface area contributed by atoms with Gasteiger partial charge in [0, 0.05) is 6.42 Å². The minimum absolute atomic E-state index is 0.168. The highest BCUT2D eigenvalue weighted by Gasteiger charge is 2.71. The molecule has 0 N–H and O–H groups in total. The summed E-state index contributed by atoms with van der Waals surface area (Å²) in [6.07, 6.45) is -13.3. The van der Waals surface area contributed by atoms with Crippen molar-refractivity contribution in [3.8, 4) is 0 Å². The lowest BCUT2D eigenvalue weighted by molar-refractivity contribution is -0.322. The number of rotatable bonds is 5. The van der Waals surface area contributed by atoms with Crippen LogP contribution in [0.1, 0.15) is 16.8 Å². The molecule has 24 heavy (non-hydrogen) atoms. The molecule has 0 fully saturated rings. The van der Waals surface area contributed by atoms with Crippen molar-refractivity contribution < 1.29 is 40.3 Å². The van der Waals surface area contributed by atoms with Gasteiger partial charge in [0.2, 0.25) is 0 Å². The number of ether oxygens (including phenoxy) is 1. The third kappa shape index (κ3) is 5.08. The molecular formula is C14H10F7IO2. The molecular weight excluding hydrogens is 460 g/mol. The highest BCUT2D eigenvalue weighted by Crippen LogP contribution is 2.48. The van der Waals surface area contributed by atoms with Gasteiger partial charge in [-0.1, -0.05) is 18.2 Å². The molecule has 0 aromatic heterocycles. The average molecular weight is 470 g/mol. The maximum absolute atomic E-state index is 13.5. The van der Waals surface area contributed by atoms with E-state index in [9.17, 15) is 35.5 Å². The van der Waals surface area contributed by atoms with E-state index in [1.54, 1.807) is 18.2 Å². The van der Waals surface area contributed by atoms with Crippen LogP contribution in [0.3, 0.4) is 0 Å². The van der Waals surface area contributed by atoms with E-state index in [-0.39, 0.29) is 5.56 Å². The maximum atomic E-state index is 13.5.